The lowest BCUT2D eigenvalue weighted by Gasteiger charge is -2.25. The molecule has 7 nitrogen and oxygen atoms in total. The van der Waals surface area contributed by atoms with E-state index in [-0.39, 0.29) is 17.5 Å². The Hall–Kier alpha value is -1.89. The van der Waals surface area contributed by atoms with Gasteiger partial charge in [0.05, 0.1) is 12.2 Å². The number of nitrogens with one attached hydrogen (secondary N) is 2. The second kappa shape index (κ2) is 4.96. The molecule has 0 spiro atoms. The molecule has 0 atom stereocenters. The third kappa shape index (κ3) is 2.82. The van der Waals surface area contributed by atoms with E-state index in [4.69, 9.17) is 5.11 Å². The molecule has 0 unspecified atom stereocenters. The SMILES string of the molecule is O=C(O)c1cn(CCNC(=O)C2CNC2)cn1. The van der Waals surface area contributed by atoms with Gasteiger partial charge in [-0.05, 0) is 0 Å². The Kier molecular flexibility index (Phi) is 3.38. The molecule has 3 N–H and O–H groups in total. The Morgan fingerprint density at radius 3 is 2.88 bits per heavy atom. The fraction of sp³-hybridized carbons (Fsp3) is 0.500. The molecule has 0 aliphatic carbocycles. The highest BCUT2D eigenvalue weighted by atomic mass is 16.4. The number of rotatable bonds is 5. The van der Waals surface area contributed by atoms with Crippen LogP contribution in [0.3, 0.4) is 0 Å². The summed E-state index contributed by atoms with van der Waals surface area (Å²) in [6.07, 6.45) is 2.89. The Morgan fingerprint density at radius 1 is 1.59 bits per heavy atom. The summed E-state index contributed by atoms with van der Waals surface area (Å²) in [4.78, 5) is 25.8. The van der Waals surface area contributed by atoms with Gasteiger partial charge in [-0.25, -0.2) is 9.78 Å². The lowest BCUT2D eigenvalue weighted by Crippen LogP contribution is -2.51. The fourth-order valence-electron chi connectivity index (χ4n) is 1.52. The van der Waals surface area contributed by atoms with Gasteiger partial charge in [-0.1, -0.05) is 0 Å². The number of carbonyl (C=O) groups excluding carboxylic acids is 1. The first kappa shape index (κ1) is 11.6. The minimum absolute atomic E-state index is 0.0134. The summed E-state index contributed by atoms with van der Waals surface area (Å²) >= 11 is 0. The van der Waals surface area contributed by atoms with Crippen LogP contribution in [0.25, 0.3) is 0 Å². The number of hydrogen-bond acceptors (Lipinski definition) is 4. The number of carboxylic acids is 1. The molecule has 0 aromatic carbocycles. The molecule has 1 fully saturated rings. The average Bonchev–Trinajstić information content (AvgIpc) is 2.63. The van der Waals surface area contributed by atoms with E-state index < -0.39 is 5.97 Å². The van der Waals surface area contributed by atoms with E-state index in [1.54, 1.807) is 4.57 Å². The van der Waals surface area contributed by atoms with Gasteiger partial charge in [0.1, 0.15) is 0 Å². The lowest BCUT2D eigenvalue weighted by atomic mass is 10.0. The third-order valence-electron chi connectivity index (χ3n) is 2.67. The molecule has 0 bridgehead atoms. The predicted molar refractivity (Wildman–Crippen MR) is 58.6 cm³/mol. The summed E-state index contributed by atoms with van der Waals surface area (Å²) in [5.41, 5.74) is 0.0134. The minimum atomic E-state index is -1.05. The largest absolute Gasteiger partial charge is 0.476 e. The molecule has 1 aromatic heterocycles. The van der Waals surface area contributed by atoms with Gasteiger partial charge < -0.3 is 20.3 Å². The van der Waals surface area contributed by atoms with Crippen molar-refractivity contribution in [1.29, 1.82) is 0 Å². The van der Waals surface area contributed by atoms with Crippen LogP contribution in [-0.4, -0.2) is 46.2 Å². The van der Waals surface area contributed by atoms with Gasteiger partial charge in [-0.2, -0.15) is 0 Å². The van der Waals surface area contributed by atoms with Gasteiger partial charge in [-0.3, -0.25) is 4.79 Å². The first-order valence-electron chi connectivity index (χ1n) is 5.40. The van der Waals surface area contributed by atoms with Crippen molar-refractivity contribution in [3.8, 4) is 0 Å². The molecule has 2 heterocycles. The molecule has 1 aromatic rings. The molecule has 2 rings (SSSR count). The number of carbonyl (C=O) groups is 2. The van der Waals surface area contributed by atoms with Gasteiger partial charge in [0.2, 0.25) is 5.91 Å². The number of aromatic nitrogens is 2. The standard InChI is InChI=1S/C10H14N4O3/c15-9(7-3-11-4-7)12-1-2-14-5-8(10(16)17)13-6-14/h5-7,11H,1-4H2,(H,12,15)(H,16,17). The second-order valence-electron chi connectivity index (χ2n) is 3.95. The molecule has 0 saturated carbocycles. The number of hydrogen-bond donors (Lipinski definition) is 3. The Balaban J connectivity index is 1.73. The highest BCUT2D eigenvalue weighted by Crippen LogP contribution is 2.01. The number of aromatic carboxylic acids is 1. The Morgan fingerprint density at radius 2 is 2.35 bits per heavy atom. The minimum Gasteiger partial charge on any atom is -0.476 e. The molecule has 1 saturated heterocycles. The number of nitrogens with zero attached hydrogens (tertiary/aromatic N) is 2. The maximum absolute atomic E-state index is 11.5. The molecule has 1 amide bonds. The van der Waals surface area contributed by atoms with E-state index in [2.05, 4.69) is 15.6 Å². The topological polar surface area (TPSA) is 96.2 Å². The van der Waals surface area contributed by atoms with Crippen LogP contribution in [0, 0.1) is 5.92 Å². The summed E-state index contributed by atoms with van der Waals surface area (Å²) < 4.78 is 1.64. The Labute approximate surface area is 97.8 Å². The maximum Gasteiger partial charge on any atom is 0.356 e. The van der Waals surface area contributed by atoms with Crippen LogP contribution in [-0.2, 0) is 11.3 Å². The second-order valence-corrected chi connectivity index (χ2v) is 3.95. The van der Waals surface area contributed by atoms with E-state index in [9.17, 15) is 9.59 Å². The summed E-state index contributed by atoms with van der Waals surface area (Å²) in [7, 11) is 0. The zero-order chi connectivity index (χ0) is 12.3. The first-order valence-corrected chi connectivity index (χ1v) is 5.40. The summed E-state index contributed by atoms with van der Waals surface area (Å²) in [5, 5.41) is 14.5. The van der Waals surface area contributed by atoms with Crippen LogP contribution < -0.4 is 10.6 Å². The van der Waals surface area contributed by atoms with Crippen molar-refractivity contribution in [2.45, 2.75) is 6.54 Å². The van der Waals surface area contributed by atoms with Gasteiger partial charge in [-0.15, -0.1) is 0 Å². The molecule has 0 radical (unpaired) electrons. The molecule has 17 heavy (non-hydrogen) atoms. The number of carboxylic acid groups (broad SMARTS) is 1. The maximum atomic E-state index is 11.5. The summed E-state index contributed by atoms with van der Waals surface area (Å²) in [6.45, 7) is 2.47. The van der Waals surface area contributed by atoms with Gasteiger partial charge in [0.15, 0.2) is 5.69 Å². The normalized spacial score (nSPS) is 15.3. The van der Waals surface area contributed by atoms with Crippen molar-refractivity contribution in [3.05, 3.63) is 18.2 Å². The zero-order valence-corrected chi connectivity index (χ0v) is 9.22. The van der Waals surface area contributed by atoms with E-state index >= 15 is 0 Å². The van der Waals surface area contributed by atoms with Crippen LogP contribution in [0.1, 0.15) is 10.5 Å². The van der Waals surface area contributed by atoms with Gasteiger partial charge in [0, 0.05) is 32.4 Å². The lowest BCUT2D eigenvalue weighted by molar-refractivity contribution is -0.126. The van der Waals surface area contributed by atoms with Crippen LogP contribution in [0.15, 0.2) is 12.5 Å². The molecule has 7 heteroatoms. The van der Waals surface area contributed by atoms with Crippen LogP contribution in [0.2, 0.25) is 0 Å². The number of amides is 1. The van der Waals surface area contributed by atoms with Crippen molar-refractivity contribution in [2.75, 3.05) is 19.6 Å². The average molecular weight is 238 g/mol. The van der Waals surface area contributed by atoms with E-state index in [0.29, 0.717) is 13.1 Å². The van der Waals surface area contributed by atoms with E-state index in [1.165, 1.54) is 12.5 Å². The van der Waals surface area contributed by atoms with E-state index in [0.717, 1.165) is 13.1 Å². The fourth-order valence-corrected chi connectivity index (χ4v) is 1.52. The molecular weight excluding hydrogens is 224 g/mol. The highest BCUT2D eigenvalue weighted by molar-refractivity contribution is 5.84. The Bertz CT molecular complexity index is 425. The molecule has 1 aliphatic heterocycles. The predicted octanol–water partition coefficient (Wildman–Crippen LogP) is -1.08. The molecular formula is C10H14N4O3. The van der Waals surface area contributed by atoms with Crippen molar-refractivity contribution in [3.63, 3.8) is 0 Å². The van der Waals surface area contributed by atoms with Crippen molar-refractivity contribution in [2.24, 2.45) is 5.92 Å². The van der Waals surface area contributed by atoms with Crippen molar-refractivity contribution < 1.29 is 14.7 Å². The van der Waals surface area contributed by atoms with Gasteiger partial charge in [0.25, 0.3) is 0 Å². The highest BCUT2D eigenvalue weighted by Gasteiger charge is 2.24. The van der Waals surface area contributed by atoms with Crippen LogP contribution in [0.5, 0.6) is 0 Å². The van der Waals surface area contributed by atoms with Crippen LogP contribution in [0.4, 0.5) is 0 Å². The van der Waals surface area contributed by atoms with Crippen molar-refractivity contribution in [1.82, 2.24) is 20.2 Å². The van der Waals surface area contributed by atoms with Crippen molar-refractivity contribution >= 4 is 11.9 Å². The number of imidazole rings is 1. The van der Waals surface area contributed by atoms with Crippen LogP contribution >= 0.6 is 0 Å². The van der Waals surface area contributed by atoms with E-state index in [1.807, 2.05) is 0 Å². The third-order valence-corrected chi connectivity index (χ3v) is 2.67. The first-order chi connectivity index (χ1) is 8.16. The smallest absolute Gasteiger partial charge is 0.356 e. The molecule has 1 aliphatic rings. The summed E-state index contributed by atoms with van der Waals surface area (Å²) in [6, 6.07) is 0. The zero-order valence-electron chi connectivity index (χ0n) is 9.22. The summed E-state index contributed by atoms with van der Waals surface area (Å²) in [5.74, 6) is -0.928. The van der Waals surface area contributed by atoms with Gasteiger partial charge >= 0.3 is 5.97 Å². The monoisotopic (exact) mass is 238 g/mol. The molecule has 92 valence electrons. The quantitative estimate of drug-likeness (QED) is 0.606.